The highest BCUT2D eigenvalue weighted by molar-refractivity contribution is 5.85. The highest BCUT2D eigenvalue weighted by atomic mass is 35.5. The van der Waals surface area contributed by atoms with Crippen molar-refractivity contribution in [2.24, 2.45) is 11.7 Å². The lowest BCUT2D eigenvalue weighted by Gasteiger charge is -2.36. The summed E-state index contributed by atoms with van der Waals surface area (Å²) in [5.74, 6) is 0.979. The molecule has 1 atom stereocenters. The average Bonchev–Trinajstić information content (AvgIpc) is 3.31. The van der Waals surface area contributed by atoms with Crippen LogP contribution >= 0.6 is 24.8 Å². The van der Waals surface area contributed by atoms with Crippen LogP contribution in [-0.4, -0.2) is 48.4 Å². The Bertz CT molecular complexity index is 497. The molecule has 2 N–H and O–H groups in total. The minimum Gasteiger partial charge on any atom is -0.338 e. The highest BCUT2D eigenvalue weighted by Gasteiger charge is 2.29. The number of piperazine rings is 1. The number of hydrogen-bond donors (Lipinski definition) is 1. The molecule has 0 aromatic heterocycles. The van der Waals surface area contributed by atoms with Gasteiger partial charge in [-0.1, -0.05) is 29.8 Å². The van der Waals surface area contributed by atoms with E-state index in [2.05, 4.69) is 4.90 Å². The van der Waals surface area contributed by atoms with Crippen molar-refractivity contribution in [1.29, 1.82) is 0 Å². The number of amides is 1. The summed E-state index contributed by atoms with van der Waals surface area (Å²) >= 11 is 0. The molecule has 4 nitrogen and oxygen atoms in total. The van der Waals surface area contributed by atoms with E-state index in [-0.39, 0.29) is 30.7 Å². The summed E-state index contributed by atoms with van der Waals surface area (Å²) in [5, 5.41) is 0. The zero-order chi connectivity index (χ0) is 14.8. The number of halogens is 2. The van der Waals surface area contributed by atoms with E-state index in [4.69, 9.17) is 5.73 Å². The van der Waals surface area contributed by atoms with Crippen molar-refractivity contribution in [3.8, 4) is 0 Å². The Hall–Kier alpha value is -0.810. The zero-order valence-corrected chi connectivity index (χ0v) is 15.2. The van der Waals surface area contributed by atoms with Crippen LogP contribution in [0.5, 0.6) is 0 Å². The number of nitrogens with two attached hydrogens (primary N) is 1. The summed E-state index contributed by atoms with van der Waals surface area (Å²) in [5.41, 5.74) is 8.24. The van der Waals surface area contributed by atoms with Gasteiger partial charge in [0.2, 0.25) is 5.91 Å². The van der Waals surface area contributed by atoms with E-state index in [1.807, 2.05) is 36.1 Å². The fraction of sp³-hybridized carbons (Fsp3) is 0.588. The lowest BCUT2D eigenvalue weighted by atomic mass is 10.0. The summed E-state index contributed by atoms with van der Waals surface area (Å²) < 4.78 is 0. The van der Waals surface area contributed by atoms with Crippen LogP contribution in [-0.2, 0) is 4.79 Å². The van der Waals surface area contributed by atoms with Gasteiger partial charge in [0.25, 0.3) is 0 Å². The van der Waals surface area contributed by atoms with Gasteiger partial charge in [-0.25, -0.2) is 0 Å². The van der Waals surface area contributed by atoms with E-state index in [0.29, 0.717) is 0 Å². The fourth-order valence-corrected chi connectivity index (χ4v) is 2.93. The SMILES string of the molecule is Cc1ccc(C(N)C(=O)N2CCN(CC3CC3)CC2)cc1.Cl.Cl. The van der Waals surface area contributed by atoms with Gasteiger partial charge in [-0.3, -0.25) is 9.69 Å². The summed E-state index contributed by atoms with van der Waals surface area (Å²) in [6.07, 6.45) is 2.77. The Morgan fingerprint density at radius 2 is 1.70 bits per heavy atom. The number of carbonyl (C=O) groups excluding carboxylic acids is 1. The second-order valence-electron chi connectivity index (χ2n) is 6.46. The Morgan fingerprint density at radius 1 is 1.13 bits per heavy atom. The molecule has 1 saturated carbocycles. The molecule has 2 fully saturated rings. The Balaban J connectivity index is 0.00000132. The summed E-state index contributed by atoms with van der Waals surface area (Å²) in [6, 6.07) is 7.41. The highest BCUT2D eigenvalue weighted by Crippen LogP contribution is 2.30. The molecule has 6 heteroatoms. The molecule has 1 aliphatic heterocycles. The van der Waals surface area contributed by atoms with Crippen LogP contribution in [0, 0.1) is 12.8 Å². The third-order valence-corrected chi connectivity index (χ3v) is 4.60. The molecule has 1 aromatic rings. The van der Waals surface area contributed by atoms with Gasteiger partial charge in [-0.05, 0) is 31.2 Å². The van der Waals surface area contributed by atoms with E-state index in [0.717, 1.165) is 37.7 Å². The zero-order valence-electron chi connectivity index (χ0n) is 13.6. The van der Waals surface area contributed by atoms with Crippen molar-refractivity contribution in [3.63, 3.8) is 0 Å². The molecule has 1 aliphatic carbocycles. The number of hydrogen-bond acceptors (Lipinski definition) is 3. The maximum atomic E-state index is 12.5. The Kier molecular flexibility index (Phi) is 7.81. The summed E-state index contributed by atoms with van der Waals surface area (Å²) in [6.45, 7) is 6.85. The van der Waals surface area contributed by atoms with Crippen molar-refractivity contribution in [3.05, 3.63) is 35.4 Å². The minimum atomic E-state index is -0.527. The number of carbonyl (C=O) groups is 1. The van der Waals surface area contributed by atoms with Crippen LogP contribution in [0.4, 0.5) is 0 Å². The molecule has 3 rings (SSSR count). The maximum absolute atomic E-state index is 12.5. The number of benzene rings is 1. The van der Waals surface area contributed by atoms with Crippen LogP contribution in [0.3, 0.4) is 0 Å². The van der Waals surface area contributed by atoms with Crippen LogP contribution in [0.2, 0.25) is 0 Å². The van der Waals surface area contributed by atoms with E-state index in [1.165, 1.54) is 24.9 Å². The predicted molar refractivity (Wildman–Crippen MR) is 98.3 cm³/mol. The van der Waals surface area contributed by atoms with Gasteiger partial charge in [0.05, 0.1) is 0 Å². The molecule has 0 spiro atoms. The largest absolute Gasteiger partial charge is 0.338 e. The second kappa shape index (κ2) is 8.88. The first-order chi connectivity index (χ1) is 10.1. The number of aryl methyl sites for hydroxylation is 1. The van der Waals surface area contributed by atoms with E-state index in [9.17, 15) is 4.79 Å². The molecular weight excluding hydrogens is 333 g/mol. The third kappa shape index (κ3) is 5.35. The second-order valence-corrected chi connectivity index (χ2v) is 6.46. The van der Waals surface area contributed by atoms with Crippen molar-refractivity contribution < 1.29 is 4.79 Å². The molecule has 1 amide bonds. The van der Waals surface area contributed by atoms with Crippen LogP contribution in [0.1, 0.15) is 30.0 Å². The average molecular weight is 360 g/mol. The minimum absolute atomic E-state index is 0. The molecule has 1 unspecified atom stereocenters. The first kappa shape index (κ1) is 20.2. The molecule has 130 valence electrons. The Morgan fingerprint density at radius 3 is 2.22 bits per heavy atom. The molecule has 2 aliphatic rings. The van der Waals surface area contributed by atoms with Gasteiger partial charge in [0.15, 0.2) is 0 Å². The van der Waals surface area contributed by atoms with E-state index < -0.39 is 6.04 Å². The lowest BCUT2D eigenvalue weighted by Crippen LogP contribution is -2.51. The summed E-state index contributed by atoms with van der Waals surface area (Å²) in [4.78, 5) is 16.9. The standard InChI is InChI=1S/C17H25N3O.2ClH/c1-13-2-6-15(7-3-13)16(18)17(21)20-10-8-19(9-11-20)12-14-4-5-14;;/h2-3,6-7,14,16H,4-5,8-12,18H2,1H3;2*1H. The monoisotopic (exact) mass is 359 g/mol. The quantitative estimate of drug-likeness (QED) is 0.897. The molecule has 1 saturated heterocycles. The Labute approximate surface area is 151 Å². The van der Waals surface area contributed by atoms with Gasteiger partial charge in [0.1, 0.15) is 6.04 Å². The van der Waals surface area contributed by atoms with Gasteiger partial charge < -0.3 is 10.6 Å². The molecule has 0 radical (unpaired) electrons. The van der Waals surface area contributed by atoms with Gasteiger partial charge >= 0.3 is 0 Å². The summed E-state index contributed by atoms with van der Waals surface area (Å²) in [7, 11) is 0. The van der Waals surface area contributed by atoms with Gasteiger partial charge in [-0.2, -0.15) is 0 Å². The number of rotatable bonds is 4. The smallest absolute Gasteiger partial charge is 0.244 e. The normalized spacial score (nSPS) is 19.5. The molecule has 23 heavy (non-hydrogen) atoms. The maximum Gasteiger partial charge on any atom is 0.244 e. The van der Waals surface area contributed by atoms with Crippen molar-refractivity contribution in [2.75, 3.05) is 32.7 Å². The van der Waals surface area contributed by atoms with Crippen molar-refractivity contribution in [2.45, 2.75) is 25.8 Å². The molecule has 1 aromatic carbocycles. The van der Waals surface area contributed by atoms with E-state index in [1.54, 1.807) is 0 Å². The van der Waals surface area contributed by atoms with Crippen molar-refractivity contribution >= 4 is 30.7 Å². The van der Waals surface area contributed by atoms with Crippen LogP contribution in [0.25, 0.3) is 0 Å². The third-order valence-electron chi connectivity index (χ3n) is 4.60. The fourth-order valence-electron chi connectivity index (χ4n) is 2.93. The first-order valence-corrected chi connectivity index (χ1v) is 7.97. The van der Waals surface area contributed by atoms with Gasteiger partial charge in [0, 0.05) is 32.7 Å². The van der Waals surface area contributed by atoms with Crippen LogP contribution < -0.4 is 5.73 Å². The topological polar surface area (TPSA) is 49.6 Å². The van der Waals surface area contributed by atoms with Gasteiger partial charge in [-0.15, -0.1) is 24.8 Å². The molecular formula is C17H27Cl2N3O. The van der Waals surface area contributed by atoms with Crippen LogP contribution in [0.15, 0.2) is 24.3 Å². The molecule has 0 bridgehead atoms. The predicted octanol–water partition coefficient (Wildman–Crippen LogP) is 2.39. The molecule has 1 heterocycles. The van der Waals surface area contributed by atoms with Crippen molar-refractivity contribution in [1.82, 2.24) is 9.80 Å². The number of nitrogens with zero attached hydrogens (tertiary/aromatic N) is 2. The van der Waals surface area contributed by atoms with E-state index >= 15 is 0 Å². The first-order valence-electron chi connectivity index (χ1n) is 7.97. The lowest BCUT2D eigenvalue weighted by molar-refractivity contribution is -0.134.